The molecular formula is C16H29N3O2. The zero-order chi connectivity index (χ0) is 15.2. The lowest BCUT2D eigenvalue weighted by molar-refractivity contribution is -0.136. The first kappa shape index (κ1) is 16.1. The molecule has 2 atom stereocenters. The first-order chi connectivity index (χ1) is 10.1. The maximum Gasteiger partial charge on any atom is 0.315 e. The Morgan fingerprint density at radius 1 is 1.05 bits per heavy atom. The van der Waals surface area contributed by atoms with Crippen LogP contribution in [0.2, 0.25) is 0 Å². The molecule has 0 aromatic heterocycles. The molecule has 21 heavy (non-hydrogen) atoms. The first-order valence-electron chi connectivity index (χ1n) is 8.45. The van der Waals surface area contributed by atoms with Gasteiger partial charge in [-0.25, -0.2) is 4.79 Å². The SMILES string of the molecule is C[C@@H]1CCCCN1C(=O)[C@@H](C)NC(=O)NC1CCCCC1. The third kappa shape index (κ3) is 4.61. The number of carbonyl (C=O) groups is 2. The van der Waals surface area contributed by atoms with Gasteiger partial charge in [0.05, 0.1) is 0 Å². The van der Waals surface area contributed by atoms with Crippen molar-refractivity contribution in [1.82, 2.24) is 15.5 Å². The van der Waals surface area contributed by atoms with E-state index in [1.165, 1.54) is 25.7 Å². The predicted octanol–water partition coefficient (Wildman–Crippen LogP) is 2.41. The van der Waals surface area contributed by atoms with Crippen molar-refractivity contribution in [2.45, 2.75) is 83.3 Å². The number of nitrogens with one attached hydrogen (secondary N) is 2. The van der Waals surface area contributed by atoms with Crippen LogP contribution in [0.1, 0.15) is 65.2 Å². The van der Waals surface area contributed by atoms with Gasteiger partial charge in [0.25, 0.3) is 0 Å². The van der Waals surface area contributed by atoms with Crippen LogP contribution in [-0.4, -0.2) is 41.5 Å². The predicted molar refractivity (Wildman–Crippen MR) is 83.0 cm³/mol. The van der Waals surface area contributed by atoms with E-state index in [1.54, 1.807) is 6.92 Å². The van der Waals surface area contributed by atoms with Gasteiger partial charge in [-0.05, 0) is 46.0 Å². The highest BCUT2D eigenvalue weighted by atomic mass is 16.2. The maximum atomic E-state index is 12.4. The molecule has 1 saturated heterocycles. The Labute approximate surface area is 127 Å². The summed E-state index contributed by atoms with van der Waals surface area (Å²) in [6.07, 6.45) is 9.06. The monoisotopic (exact) mass is 295 g/mol. The minimum Gasteiger partial charge on any atom is -0.338 e. The number of likely N-dealkylation sites (tertiary alicyclic amines) is 1. The minimum atomic E-state index is -0.450. The molecule has 0 spiro atoms. The summed E-state index contributed by atoms with van der Waals surface area (Å²) in [6, 6.07) is -0.0894. The van der Waals surface area contributed by atoms with Crippen LogP contribution in [0.25, 0.3) is 0 Å². The van der Waals surface area contributed by atoms with Crippen molar-refractivity contribution in [2.24, 2.45) is 0 Å². The van der Waals surface area contributed by atoms with Gasteiger partial charge in [0.2, 0.25) is 5.91 Å². The molecule has 120 valence electrons. The molecule has 1 saturated carbocycles. The lowest BCUT2D eigenvalue weighted by atomic mass is 9.96. The molecule has 2 aliphatic rings. The van der Waals surface area contributed by atoms with Gasteiger partial charge < -0.3 is 15.5 Å². The van der Waals surface area contributed by atoms with Gasteiger partial charge in [0.15, 0.2) is 0 Å². The molecule has 0 bridgehead atoms. The van der Waals surface area contributed by atoms with E-state index in [0.29, 0.717) is 0 Å². The number of piperidine rings is 1. The van der Waals surface area contributed by atoms with E-state index >= 15 is 0 Å². The molecule has 0 aromatic carbocycles. The van der Waals surface area contributed by atoms with Crippen molar-refractivity contribution in [3.63, 3.8) is 0 Å². The normalized spacial score (nSPS) is 25.2. The number of hydrogen-bond acceptors (Lipinski definition) is 2. The van der Waals surface area contributed by atoms with Gasteiger partial charge >= 0.3 is 6.03 Å². The Kier molecular flexibility index (Phi) is 5.88. The standard InChI is InChI=1S/C16H29N3O2/c1-12-8-6-7-11-19(12)15(20)13(2)17-16(21)18-14-9-4-3-5-10-14/h12-14H,3-11H2,1-2H3,(H2,17,18,21)/t12-,13-/m1/s1. The molecule has 1 aliphatic heterocycles. The maximum absolute atomic E-state index is 12.4. The van der Waals surface area contributed by atoms with Crippen molar-refractivity contribution in [2.75, 3.05) is 6.54 Å². The molecule has 1 aliphatic carbocycles. The highest BCUT2D eigenvalue weighted by molar-refractivity contribution is 5.87. The van der Waals surface area contributed by atoms with Crippen LogP contribution >= 0.6 is 0 Å². The van der Waals surface area contributed by atoms with E-state index in [9.17, 15) is 9.59 Å². The summed E-state index contributed by atoms with van der Waals surface area (Å²) in [5.41, 5.74) is 0. The summed E-state index contributed by atoms with van der Waals surface area (Å²) in [5.74, 6) is 0.0426. The third-order valence-electron chi connectivity index (χ3n) is 4.74. The van der Waals surface area contributed by atoms with E-state index < -0.39 is 6.04 Å². The van der Waals surface area contributed by atoms with Gasteiger partial charge in [-0.3, -0.25) is 4.79 Å². The average Bonchev–Trinajstić information content (AvgIpc) is 2.48. The van der Waals surface area contributed by atoms with E-state index in [0.717, 1.165) is 32.2 Å². The van der Waals surface area contributed by atoms with Crippen LogP contribution in [0.3, 0.4) is 0 Å². The molecule has 2 fully saturated rings. The van der Waals surface area contributed by atoms with Crippen LogP contribution in [0.15, 0.2) is 0 Å². The van der Waals surface area contributed by atoms with Gasteiger partial charge in [0.1, 0.15) is 6.04 Å². The van der Waals surface area contributed by atoms with E-state index in [-0.39, 0.29) is 24.0 Å². The van der Waals surface area contributed by atoms with Gasteiger partial charge in [-0.15, -0.1) is 0 Å². The molecule has 1 heterocycles. The Morgan fingerprint density at radius 2 is 1.71 bits per heavy atom. The van der Waals surface area contributed by atoms with Gasteiger partial charge in [-0.2, -0.15) is 0 Å². The number of nitrogens with zero attached hydrogens (tertiary/aromatic N) is 1. The zero-order valence-electron chi connectivity index (χ0n) is 13.4. The Bertz CT molecular complexity index is 367. The third-order valence-corrected chi connectivity index (χ3v) is 4.74. The van der Waals surface area contributed by atoms with Crippen molar-refractivity contribution in [3.8, 4) is 0 Å². The highest BCUT2D eigenvalue weighted by Gasteiger charge is 2.28. The summed E-state index contributed by atoms with van der Waals surface area (Å²) < 4.78 is 0. The van der Waals surface area contributed by atoms with Crippen LogP contribution in [0.5, 0.6) is 0 Å². The molecule has 0 radical (unpaired) electrons. The number of hydrogen-bond donors (Lipinski definition) is 2. The smallest absolute Gasteiger partial charge is 0.315 e. The molecule has 5 nitrogen and oxygen atoms in total. The second-order valence-corrected chi connectivity index (χ2v) is 6.55. The van der Waals surface area contributed by atoms with Crippen molar-refractivity contribution >= 4 is 11.9 Å². The lowest BCUT2D eigenvalue weighted by Gasteiger charge is -2.35. The van der Waals surface area contributed by atoms with Crippen molar-refractivity contribution in [3.05, 3.63) is 0 Å². The van der Waals surface area contributed by atoms with Crippen LogP contribution in [-0.2, 0) is 4.79 Å². The largest absolute Gasteiger partial charge is 0.338 e. The van der Waals surface area contributed by atoms with E-state index in [4.69, 9.17) is 0 Å². The van der Waals surface area contributed by atoms with Crippen LogP contribution in [0.4, 0.5) is 4.79 Å². The van der Waals surface area contributed by atoms with E-state index in [2.05, 4.69) is 17.6 Å². The summed E-state index contributed by atoms with van der Waals surface area (Å²) in [5, 5.41) is 5.80. The number of carbonyl (C=O) groups excluding carboxylic acids is 2. The number of urea groups is 1. The lowest BCUT2D eigenvalue weighted by Crippen LogP contribution is -2.54. The van der Waals surface area contributed by atoms with Gasteiger partial charge in [0, 0.05) is 18.6 Å². The zero-order valence-corrected chi connectivity index (χ0v) is 13.4. The van der Waals surface area contributed by atoms with Crippen molar-refractivity contribution < 1.29 is 9.59 Å². The summed E-state index contributed by atoms with van der Waals surface area (Å²) in [4.78, 5) is 26.3. The van der Waals surface area contributed by atoms with Crippen LogP contribution < -0.4 is 10.6 Å². The summed E-state index contributed by atoms with van der Waals surface area (Å²) in [7, 11) is 0. The molecule has 5 heteroatoms. The molecule has 0 unspecified atom stereocenters. The fourth-order valence-electron chi connectivity index (χ4n) is 3.41. The second-order valence-electron chi connectivity index (χ2n) is 6.55. The van der Waals surface area contributed by atoms with Crippen LogP contribution in [0, 0.1) is 0 Å². The minimum absolute atomic E-state index is 0.0426. The molecule has 2 rings (SSSR count). The number of amides is 3. The quantitative estimate of drug-likeness (QED) is 0.840. The first-order valence-corrected chi connectivity index (χ1v) is 8.45. The Morgan fingerprint density at radius 3 is 2.38 bits per heavy atom. The van der Waals surface area contributed by atoms with Gasteiger partial charge in [-0.1, -0.05) is 19.3 Å². The Hall–Kier alpha value is -1.26. The average molecular weight is 295 g/mol. The van der Waals surface area contributed by atoms with E-state index in [1.807, 2.05) is 4.90 Å². The highest BCUT2D eigenvalue weighted by Crippen LogP contribution is 2.18. The fraction of sp³-hybridized carbons (Fsp3) is 0.875. The molecule has 3 amide bonds. The Balaban J connectivity index is 1.77. The summed E-state index contributed by atoms with van der Waals surface area (Å²) >= 11 is 0. The molecule has 2 N–H and O–H groups in total. The second kappa shape index (κ2) is 7.66. The van der Waals surface area contributed by atoms with Crippen molar-refractivity contribution in [1.29, 1.82) is 0 Å². The molecule has 0 aromatic rings. The summed E-state index contributed by atoms with van der Waals surface area (Å²) in [6.45, 7) is 4.69. The fourth-order valence-corrected chi connectivity index (χ4v) is 3.41. The number of rotatable bonds is 3. The topological polar surface area (TPSA) is 61.4 Å². The molecular weight excluding hydrogens is 266 g/mol.